The van der Waals surface area contributed by atoms with Crippen molar-refractivity contribution >= 4 is 21.6 Å². The minimum absolute atomic E-state index is 0.0264. The molecule has 0 radical (unpaired) electrons. The molecule has 0 unspecified atom stereocenters. The molecule has 6 heteroatoms. The number of anilines is 1. The largest absolute Gasteiger partial charge is 0.354 e. The molecule has 0 fully saturated rings. The zero-order chi connectivity index (χ0) is 19.9. The maximum Gasteiger partial charge on any atom is 0.232 e. The van der Waals surface area contributed by atoms with Gasteiger partial charge in [0, 0.05) is 13.0 Å². The smallest absolute Gasteiger partial charge is 0.232 e. The molecular formula is C20H34N2O3S. The summed E-state index contributed by atoms with van der Waals surface area (Å²) in [6.45, 7) is 10.8. The molecule has 0 saturated heterocycles. The predicted octanol–water partition coefficient (Wildman–Crippen LogP) is 4.01. The van der Waals surface area contributed by atoms with Gasteiger partial charge in [0.05, 0.1) is 18.5 Å². The minimum atomic E-state index is -3.46. The van der Waals surface area contributed by atoms with E-state index in [-0.39, 0.29) is 24.3 Å². The molecule has 0 heterocycles. The van der Waals surface area contributed by atoms with E-state index >= 15 is 0 Å². The topological polar surface area (TPSA) is 66.5 Å². The zero-order valence-electron chi connectivity index (χ0n) is 17.0. The Bertz CT molecular complexity index is 671. The highest BCUT2D eigenvalue weighted by Crippen LogP contribution is 2.36. The molecule has 0 aromatic heterocycles. The summed E-state index contributed by atoms with van der Waals surface area (Å²) in [7, 11) is -3.46. The van der Waals surface area contributed by atoms with Crippen LogP contribution in [0.4, 0.5) is 5.69 Å². The van der Waals surface area contributed by atoms with Crippen LogP contribution < -0.4 is 9.62 Å². The van der Waals surface area contributed by atoms with E-state index in [9.17, 15) is 13.2 Å². The summed E-state index contributed by atoms with van der Waals surface area (Å²) in [5.74, 6) is 0.376. The number of amides is 1. The highest BCUT2D eigenvalue weighted by Gasteiger charge is 2.25. The maximum atomic E-state index is 12.5. The van der Waals surface area contributed by atoms with Gasteiger partial charge in [0.15, 0.2) is 0 Å². The van der Waals surface area contributed by atoms with E-state index < -0.39 is 10.0 Å². The lowest BCUT2D eigenvalue weighted by atomic mass is 9.92. The molecule has 0 bridgehead atoms. The van der Waals surface area contributed by atoms with Gasteiger partial charge < -0.3 is 5.32 Å². The number of unbranched alkanes of at least 4 members (excludes halogenated alkanes) is 1. The van der Waals surface area contributed by atoms with Crippen LogP contribution in [0.2, 0.25) is 0 Å². The van der Waals surface area contributed by atoms with E-state index in [1.165, 1.54) is 10.6 Å². The molecule has 0 aliphatic rings. The molecule has 0 saturated carbocycles. The van der Waals surface area contributed by atoms with Crippen molar-refractivity contribution < 1.29 is 13.2 Å². The van der Waals surface area contributed by atoms with Crippen LogP contribution in [0, 0.1) is 0 Å². The molecule has 1 amide bonds. The Kier molecular flexibility index (Phi) is 8.60. The van der Waals surface area contributed by atoms with Gasteiger partial charge in [-0.1, -0.05) is 59.2 Å². The quantitative estimate of drug-likeness (QED) is 0.665. The normalized spacial score (nSPS) is 11.8. The molecule has 0 aliphatic carbocycles. The second-order valence-corrected chi connectivity index (χ2v) is 9.29. The van der Waals surface area contributed by atoms with Crippen LogP contribution in [0.3, 0.4) is 0 Å². The Balaban J connectivity index is 3.17. The third-order valence-electron chi connectivity index (χ3n) is 4.39. The van der Waals surface area contributed by atoms with Crippen molar-refractivity contribution in [2.45, 2.75) is 65.7 Å². The molecule has 1 aromatic carbocycles. The van der Waals surface area contributed by atoms with Gasteiger partial charge in [0.25, 0.3) is 0 Å². The second kappa shape index (κ2) is 9.95. The van der Waals surface area contributed by atoms with E-state index in [1.54, 1.807) is 0 Å². The molecule has 1 N–H and O–H groups in total. The third kappa shape index (κ3) is 6.31. The molecule has 148 valence electrons. The first-order valence-electron chi connectivity index (χ1n) is 9.46. The van der Waals surface area contributed by atoms with Gasteiger partial charge in [-0.25, -0.2) is 8.42 Å². The first-order chi connectivity index (χ1) is 12.1. The van der Waals surface area contributed by atoms with Crippen LogP contribution >= 0.6 is 0 Å². The van der Waals surface area contributed by atoms with Gasteiger partial charge in [-0.05, 0) is 29.4 Å². The fourth-order valence-corrected chi connectivity index (χ4v) is 3.93. The van der Waals surface area contributed by atoms with Crippen LogP contribution in [0.15, 0.2) is 18.2 Å². The molecule has 0 spiro atoms. The van der Waals surface area contributed by atoms with E-state index in [4.69, 9.17) is 0 Å². The third-order valence-corrected chi connectivity index (χ3v) is 5.55. The van der Waals surface area contributed by atoms with Gasteiger partial charge in [0.1, 0.15) is 0 Å². The average Bonchev–Trinajstić information content (AvgIpc) is 2.54. The van der Waals surface area contributed by atoms with Crippen molar-refractivity contribution in [3.63, 3.8) is 0 Å². The van der Waals surface area contributed by atoms with Crippen LogP contribution in [0.5, 0.6) is 0 Å². The summed E-state index contributed by atoms with van der Waals surface area (Å²) in [5.41, 5.74) is 2.79. The number of hydrogen-bond acceptors (Lipinski definition) is 3. The molecule has 5 nitrogen and oxygen atoms in total. The Morgan fingerprint density at radius 2 is 1.65 bits per heavy atom. The summed E-state index contributed by atoms with van der Waals surface area (Å²) < 4.78 is 26.5. The van der Waals surface area contributed by atoms with E-state index in [1.807, 2.05) is 25.1 Å². The van der Waals surface area contributed by atoms with Gasteiger partial charge in [-0.2, -0.15) is 0 Å². The lowest BCUT2D eigenvalue weighted by Crippen LogP contribution is -2.39. The summed E-state index contributed by atoms with van der Waals surface area (Å²) in [5, 5.41) is 2.84. The first kappa shape index (κ1) is 22.5. The highest BCUT2D eigenvalue weighted by atomic mass is 32.2. The number of benzene rings is 1. The van der Waals surface area contributed by atoms with Crippen molar-refractivity contribution in [1.82, 2.24) is 5.32 Å². The van der Waals surface area contributed by atoms with Gasteiger partial charge >= 0.3 is 0 Å². The fraction of sp³-hybridized carbons (Fsp3) is 0.650. The van der Waals surface area contributed by atoms with Crippen LogP contribution in [0.25, 0.3) is 0 Å². The average molecular weight is 383 g/mol. The van der Waals surface area contributed by atoms with Gasteiger partial charge in [0.2, 0.25) is 15.9 Å². The van der Waals surface area contributed by atoms with Crippen LogP contribution in [0.1, 0.15) is 76.8 Å². The van der Waals surface area contributed by atoms with Crippen molar-refractivity contribution in [3.8, 4) is 0 Å². The lowest BCUT2D eigenvalue weighted by molar-refractivity contribution is -0.121. The van der Waals surface area contributed by atoms with Crippen molar-refractivity contribution in [2.24, 2.45) is 0 Å². The first-order valence-corrected chi connectivity index (χ1v) is 11.3. The number of carbonyl (C=O) groups is 1. The SMILES string of the molecule is CCCCC(=O)NCCN(c1c(C(C)C)cccc1C(C)C)S(C)(=O)=O. The number of hydrogen-bond donors (Lipinski definition) is 1. The maximum absolute atomic E-state index is 12.5. The molecule has 0 aliphatic heterocycles. The van der Waals surface area contributed by atoms with Crippen molar-refractivity contribution in [2.75, 3.05) is 23.7 Å². The van der Waals surface area contributed by atoms with Gasteiger partial charge in [-0.15, -0.1) is 0 Å². The lowest BCUT2D eigenvalue weighted by Gasteiger charge is -2.30. The van der Waals surface area contributed by atoms with Crippen LogP contribution in [-0.4, -0.2) is 33.7 Å². The summed E-state index contributed by atoms with van der Waals surface area (Å²) in [6.07, 6.45) is 3.51. The number of rotatable bonds is 10. The number of nitrogens with one attached hydrogen (secondary N) is 1. The van der Waals surface area contributed by atoms with Crippen molar-refractivity contribution in [3.05, 3.63) is 29.3 Å². The summed E-state index contributed by atoms with van der Waals surface area (Å²) >= 11 is 0. The summed E-state index contributed by atoms with van der Waals surface area (Å²) in [4.78, 5) is 11.8. The standard InChI is InChI=1S/C20H34N2O3S/c1-7-8-12-19(23)21-13-14-22(26(6,24)25)20-17(15(2)3)10-9-11-18(20)16(4)5/h9-11,15-16H,7-8,12-14H2,1-6H3,(H,21,23). The summed E-state index contributed by atoms with van der Waals surface area (Å²) in [6, 6.07) is 5.97. The monoisotopic (exact) mass is 382 g/mol. The van der Waals surface area contributed by atoms with Crippen LogP contribution in [-0.2, 0) is 14.8 Å². The predicted molar refractivity (Wildman–Crippen MR) is 109 cm³/mol. The minimum Gasteiger partial charge on any atom is -0.354 e. The fourth-order valence-electron chi connectivity index (χ4n) is 2.97. The van der Waals surface area contributed by atoms with Crippen molar-refractivity contribution in [1.29, 1.82) is 0 Å². The molecule has 0 atom stereocenters. The number of nitrogens with zero attached hydrogens (tertiary/aromatic N) is 1. The Morgan fingerprint density at radius 3 is 2.08 bits per heavy atom. The zero-order valence-corrected chi connectivity index (χ0v) is 17.8. The van der Waals surface area contributed by atoms with E-state index in [0.717, 1.165) is 29.7 Å². The molecule has 1 aromatic rings. The molecule has 1 rings (SSSR count). The number of sulfonamides is 1. The highest BCUT2D eigenvalue weighted by molar-refractivity contribution is 7.92. The second-order valence-electron chi connectivity index (χ2n) is 7.38. The number of para-hydroxylation sites is 1. The molecule has 26 heavy (non-hydrogen) atoms. The molecular weight excluding hydrogens is 348 g/mol. The Hall–Kier alpha value is -1.56. The Labute approximate surface area is 159 Å². The van der Waals surface area contributed by atoms with E-state index in [0.29, 0.717) is 13.0 Å². The number of carbonyl (C=O) groups excluding carboxylic acids is 1. The van der Waals surface area contributed by atoms with Gasteiger partial charge in [-0.3, -0.25) is 9.10 Å². The van der Waals surface area contributed by atoms with E-state index in [2.05, 4.69) is 33.0 Å². The Morgan fingerprint density at radius 1 is 1.12 bits per heavy atom.